The van der Waals surface area contributed by atoms with Gasteiger partial charge in [0.25, 0.3) is 0 Å². The Hall–Kier alpha value is -0.940. The van der Waals surface area contributed by atoms with E-state index in [1.807, 2.05) is 0 Å². The molecule has 2 atom stereocenters. The summed E-state index contributed by atoms with van der Waals surface area (Å²) in [4.78, 5) is 20.7. The topological polar surface area (TPSA) is 101 Å². The summed E-state index contributed by atoms with van der Waals surface area (Å²) in [6.07, 6.45) is -2.05. The summed E-state index contributed by atoms with van der Waals surface area (Å²) in [5.41, 5.74) is 5.13. The quantitative estimate of drug-likeness (QED) is 0.477. The van der Waals surface area contributed by atoms with Crippen LogP contribution in [0.5, 0.6) is 0 Å². The van der Waals surface area contributed by atoms with Crippen LogP contribution in [-0.4, -0.2) is 34.1 Å². The summed E-state index contributed by atoms with van der Waals surface area (Å²) >= 11 is 0. The number of ketones is 1. The molecule has 5 nitrogen and oxygen atoms in total. The van der Waals surface area contributed by atoms with E-state index in [9.17, 15) is 9.59 Å². The van der Waals surface area contributed by atoms with E-state index in [0.717, 1.165) is 0 Å². The van der Waals surface area contributed by atoms with Gasteiger partial charge < -0.3 is 15.9 Å². The monoisotopic (exact) mass is 161 g/mol. The molecule has 0 amide bonds. The van der Waals surface area contributed by atoms with E-state index in [4.69, 9.17) is 15.9 Å². The Morgan fingerprint density at radius 2 is 2.00 bits per heavy atom. The molecule has 0 aromatic heterocycles. The van der Waals surface area contributed by atoms with Crippen molar-refractivity contribution in [3.05, 3.63) is 0 Å². The van der Waals surface area contributed by atoms with Gasteiger partial charge >= 0.3 is 5.97 Å². The van der Waals surface area contributed by atoms with Crippen molar-refractivity contribution in [3.8, 4) is 0 Å². The lowest BCUT2D eigenvalue weighted by atomic mass is 10.1. The van der Waals surface area contributed by atoms with Crippen LogP contribution in [0.2, 0.25) is 0 Å². The van der Waals surface area contributed by atoms with Gasteiger partial charge in [0.15, 0.2) is 11.9 Å². The number of rotatable bonds is 4. The van der Waals surface area contributed by atoms with Crippen LogP contribution in [-0.2, 0) is 9.59 Å². The van der Waals surface area contributed by atoms with E-state index in [1.165, 1.54) is 6.92 Å². The molecule has 0 aromatic rings. The summed E-state index contributed by atoms with van der Waals surface area (Å²) < 4.78 is 0. The van der Waals surface area contributed by atoms with Gasteiger partial charge in [0.1, 0.15) is 0 Å². The van der Waals surface area contributed by atoms with Gasteiger partial charge in [-0.1, -0.05) is 0 Å². The van der Waals surface area contributed by atoms with Crippen molar-refractivity contribution >= 4 is 11.8 Å². The maximum absolute atomic E-state index is 10.7. The summed E-state index contributed by atoms with van der Waals surface area (Å²) in [6.45, 7) is 1.44. The fourth-order valence-electron chi connectivity index (χ4n) is 0.464. The summed E-state index contributed by atoms with van der Waals surface area (Å²) in [5, 5.41) is 16.8. The summed E-state index contributed by atoms with van der Waals surface area (Å²) in [6, 6.07) is -0.719. The lowest BCUT2D eigenvalue weighted by Crippen LogP contribution is -2.32. The lowest BCUT2D eigenvalue weighted by molar-refractivity contribution is -0.148. The molecule has 5 heteroatoms. The third-order valence-corrected chi connectivity index (χ3v) is 1.19. The molecule has 11 heavy (non-hydrogen) atoms. The minimum atomic E-state index is -1.63. The fraction of sp³-hybridized carbons (Fsp3) is 0.667. The van der Waals surface area contributed by atoms with Crippen LogP contribution in [0.3, 0.4) is 0 Å². The summed E-state index contributed by atoms with van der Waals surface area (Å²) in [5.74, 6) is -1.86. The van der Waals surface area contributed by atoms with Crippen molar-refractivity contribution in [1.29, 1.82) is 0 Å². The van der Waals surface area contributed by atoms with Crippen LogP contribution in [0.1, 0.15) is 13.3 Å². The molecule has 0 aromatic carbocycles. The molecule has 0 aliphatic heterocycles. The standard InChI is InChI=1S/C6H11NO4/c1-3(7)4(8)2-5(9)6(10)11/h3,5,9H,2,7H2,1H3,(H,10,11)/t3-,5?/m0/s1. The van der Waals surface area contributed by atoms with Gasteiger partial charge in [-0.25, -0.2) is 4.79 Å². The normalized spacial score (nSPS) is 15.5. The highest BCUT2D eigenvalue weighted by Gasteiger charge is 2.19. The molecule has 0 rings (SSSR count). The molecule has 0 spiro atoms. The maximum Gasteiger partial charge on any atom is 0.332 e. The predicted molar refractivity (Wildman–Crippen MR) is 36.9 cm³/mol. The van der Waals surface area contributed by atoms with Crippen molar-refractivity contribution in [2.45, 2.75) is 25.5 Å². The Kier molecular flexibility index (Phi) is 3.70. The van der Waals surface area contributed by atoms with Crippen molar-refractivity contribution < 1.29 is 19.8 Å². The number of aliphatic carboxylic acids is 1. The highest BCUT2D eigenvalue weighted by molar-refractivity contribution is 5.88. The number of hydrogen-bond donors (Lipinski definition) is 3. The highest BCUT2D eigenvalue weighted by atomic mass is 16.4. The zero-order chi connectivity index (χ0) is 9.02. The predicted octanol–water partition coefficient (Wildman–Crippen LogP) is -1.26. The van der Waals surface area contributed by atoms with E-state index in [-0.39, 0.29) is 0 Å². The molecule has 0 saturated carbocycles. The number of hydrogen-bond acceptors (Lipinski definition) is 4. The van der Waals surface area contributed by atoms with Crippen LogP contribution in [0.25, 0.3) is 0 Å². The number of carboxylic acids is 1. The van der Waals surface area contributed by atoms with Gasteiger partial charge in [-0.3, -0.25) is 4.79 Å². The van der Waals surface area contributed by atoms with Crippen LogP contribution in [0.4, 0.5) is 0 Å². The number of aliphatic hydroxyl groups is 1. The molecule has 64 valence electrons. The Labute approximate surface area is 63.8 Å². The molecule has 0 radical (unpaired) electrons. The second-order valence-electron chi connectivity index (χ2n) is 2.31. The van der Waals surface area contributed by atoms with Crippen molar-refractivity contribution in [3.63, 3.8) is 0 Å². The fourth-order valence-corrected chi connectivity index (χ4v) is 0.464. The lowest BCUT2D eigenvalue weighted by Gasteiger charge is -2.05. The van der Waals surface area contributed by atoms with E-state index in [1.54, 1.807) is 0 Å². The number of Topliss-reactive ketones (excluding diaryl/α,β-unsaturated/α-hetero) is 1. The van der Waals surface area contributed by atoms with E-state index < -0.39 is 30.3 Å². The minimum Gasteiger partial charge on any atom is -0.479 e. The van der Waals surface area contributed by atoms with Crippen LogP contribution in [0.15, 0.2) is 0 Å². The van der Waals surface area contributed by atoms with E-state index >= 15 is 0 Å². The van der Waals surface area contributed by atoms with Crippen LogP contribution < -0.4 is 5.73 Å². The van der Waals surface area contributed by atoms with Gasteiger partial charge in [0.05, 0.1) is 6.04 Å². The number of carboxylic acid groups (broad SMARTS) is 1. The number of nitrogens with two attached hydrogens (primary N) is 1. The molecule has 0 bridgehead atoms. The SMILES string of the molecule is C[C@H](N)C(=O)CC(O)C(=O)O. The number of aliphatic hydroxyl groups excluding tert-OH is 1. The Balaban J connectivity index is 3.85. The van der Waals surface area contributed by atoms with E-state index in [0.29, 0.717) is 0 Å². The van der Waals surface area contributed by atoms with E-state index in [2.05, 4.69) is 0 Å². The van der Waals surface area contributed by atoms with Crippen LogP contribution in [0, 0.1) is 0 Å². The molecule has 1 unspecified atom stereocenters. The van der Waals surface area contributed by atoms with Crippen molar-refractivity contribution in [2.75, 3.05) is 0 Å². The van der Waals surface area contributed by atoms with Gasteiger partial charge in [-0.05, 0) is 6.92 Å². The Morgan fingerprint density at radius 1 is 1.55 bits per heavy atom. The highest BCUT2D eigenvalue weighted by Crippen LogP contribution is 1.95. The summed E-state index contributed by atoms with van der Waals surface area (Å²) in [7, 11) is 0. The third-order valence-electron chi connectivity index (χ3n) is 1.19. The second-order valence-corrected chi connectivity index (χ2v) is 2.31. The molecule has 0 saturated heterocycles. The van der Waals surface area contributed by atoms with Gasteiger partial charge in [0, 0.05) is 6.42 Å². The molecule has 4 N–H and O–H groups in total. The first-order valence-corrected chi connectivity index (χ1v) is 3.14. The molecular weight excluding hydrogens is 150 g/mol. The zero-order valence-electron chi connectivity index (χ0n) is 6.15. The van der Waals surface area contributed by atoms with Crippen molar-refractivity contribution in [1.82, 2.24) is 0 Å². The smallest absolute Gasteiger partial charge is 0.332 e. The molecule has 0 fully saturated rings. The average molecular weight is 161 g/mol. The average Bonchev–Trinajstić information content (AvgIpc) is 1.87. The number of carbonyl (C=O) groups is 2. The van der Waals surface area contributed by atoms with Gasteiger partial charge in [0.2, 0.25) is 0 Å². The first-order valence-electron chi connectivity index (χ1n) is 3.14. The van der Waals surface area contributed by atoms with Gasteiger partial charge in [-0.2, -0.15) is 0 Å². The second kappa shape index (κ2) is 4.05. The molecule has 0 heterocycles. The van der Waals surface area contributed by atoms with Gasteiger partial charge in [-0.15, -0.1) is 0 Å². The first kappa shape index (κ1) is 10.1. The van der Waals surface area contributed by atoms with Crippen molar-refractivity contribution in [2.24, 2.45) is 5.73 Å². The Morgan fingerprint density at radius 3 is 2.27 bits per heavy atom. The minimum absolute atomic E-state index is 0.424. The maximum atomic E-state index is 10.7. The number of carbonyl (C=O) groups excluding carboxylic acids is 1. The molecular formula is C6H11NO4. The zero-order valence-corrected chi connectivity index (χ0v) is 6.15. The third kappa shape index (κ3) is 3.69. The largest absolute Gasteiger partial charge is 0.479 e. The molecule has 0 aliphatic rings. The Bertz CT molecular complexity index is 166. The van der Waals surface area contributed by atoms with Crippen LogP contribution >= 0.6 is 0 Å². The first-order chi connectivity index (χ1) is 4.95. The molecule has 0 aliphatic carbocycles.